The maximum absolute atomic E-state index is 11.8. The average Bonchev–Trinajstić information content (AvgIpc) is 2.13. The van der Waals surface area contributed by atoms with Crippen molar-refractivity contribution in [3.63, 3.8) is 0 Å². The lowest BCUT2D eigenvalue weighted by Crippen LogP contribution is -2.13. The summed E-state index contributed by atoms with van der Waals surface area (Å²) in [5.74, 6) is 0. The van der Waals surface area contributed by atoms with Crippen molar-refractivity contribution in [2.75, 3.05) is 0 Å². The van der Waals surface area contributed by atoms with Gasteiger partial charge in [0.1, 0.15) is 0 Å². The number of ether oxygens (including phenoxy) is 1. The Kier molecular flexibility index (Phi) is 3.63. The fourth-order valence-electron chi connectivity index (χ4n) is 1.27. The molecule has 1 aromatic rings. The van der Waals surface area contributed by atoms with Gasteiger partial charge in [0.25, 0.3) is 0 Å². The van der Waals surface area contributed by atoms with E-state index in [-0.39, 0.29) is 5.41 Å². The minimum atomic E-state index is -4.57. The van der Waals surface area contributed by atoms with E-state index >= 15 is 0 Å². The van der Waals surface area contributed by atoms with Crippen molar-refractivity contribution in [3.05, 3.63) is 35.4 Å². The highest BCUT2D eigenvalue weighted by atomic mass is 19.4. The molecule has 90 valence electrons. The highest BCUT2D eigenvalue weighted by molar-refractivity contribution is 5.27. The summed E-state index contributed by atoms with van der Waals surface area (Å²) >= 11 is 0. The third-order valence-electron chi connectivity index (χ3n) is 2.22. The van der Waals surface area contributed by atoms with E-state index < -0.39 is 13.0 Å². The van der Waals surface area contributed by atoms with Crippen molar-refractivity contribution in [2.45, 2.75) is 39.2 Å². The highest BCUT2D eigenvalue weighted by Gasteiger charge is 2.28. The zero-order valence-electron chi connectivity index (χ0n) is 9.56. The van der Waals surface area contributed by atoms with Crippen molar-refractivity contribution in [3.8, 4) is 0 Å². The van der Waals surface area contributed by atoms with Gasteiger partial charge >= 0.3 is 6.36 Å². The van der Waals surface area contributed by atoms with Crippen LogP contribution >= 0.6 is 0 Å². The van der Waals surface area contributed by atoms with E-state index in [4.69, 9.17) is 0 Å². The van der Waals surface area contributed by atoms with Crippen LogP contribution in [0.25, 0.3) is 0 Å². The molecule has 0 N–H and O–H groups in total. The minimum Gasteiger partial charge on any atom is -0.287 e. The predicted molar refractivity (Wildman–Crippen MR) is 56.0 cm³/mol. The molecule has 0 unspecified atom stereocenters. The Hall–Kier alpha value is -1.03. The first-order valence-corrected chi connectivity index (χ1v) is 4.98. The van der Waals surface area contributed by atoms with Crippen LogP contribution in [0.2, 0.25) is 0 Å². The summed E-state index contributed by atoms with van der Waals surface area (Å²) in [6, 6.07) is 6.97. The SMILES string of the molecule is CC(C)(C)c1ccc(COC(F)(F)F)cc1. The average molecular weight is 232 g/mol. The molecular weight excluding hydrogens is 217 g/mol. The first-order chi connectivity index (χ1) is 7.18. The van der Waals surface area contributed by atoms with Crippen LogP contribution in [0.5, 0.6) is 0 Å². The Morgan fingerprint density at radius 2 is 1.50 bits per heavy atom. The number of hydrogen-bond donors (Lipinski definition) is 0. The van der Waals surface area contributed by atoms with Gasteiger partial charge in [-0.1, -0.05) is 45.0 Å². The Morgan fingerprint density at radius 1 is 1.00 bits per heavy atom. The maximum atomic E-state index is 11.8. The first-order valence-electron chi connectivity index (χ1n) is 4.98. The van der Waals surface area contributed by atoms with Gasteiger partial charge in [0, 0.05) is 0 Å². The molecule has 4 heteroatoms. The van der Waals surface area contributed by atoms with Crippen LogP contribution in [0, 0.1) is 0 Å². The quantitative estimate of drug-likeness (QED) is 0.748. The lowest BCUT2D eigenvalue weighted by molar-refractivity contribution is -0.330. The van der Waals surface area contributed by atoms with Gasteiger partial charge in [-0.15, -0.1) is 13.2 Å². The zero-order chi connectivity index (χ0) is 12.4. The van der Waals surface area contributed by atoms with Gasteiger partial charge in [-0.2, -0.15) is 0 Å². The first kappa shape index (κ1) is 13.0. The molecule has 0 aliphatic heterocycles. The molecule has 0 amide bonds. The second-order valence-corrected chi connectivity index (χ2v) is 4.68. The molecule has 16 heavy (non-hydrogen) atoms. The molecule has 0 saturated carbocycles. The predicted octanol–water partition coefficient (Wildman–Crippen LogP) is 4.02. The van der Waals surface area contributed by atoms with E-state index in [2.05, 4.69) is 4.74 Å². The molecule has 0 aliphatic carbocycles. The second-order valence-electron chi connectivity index (χ2n) is 4.68. The van der Waals surface area contributed by atoms with Crippen LogP contribution in [-0.4, -0.2) is 6.36 Å². The van der Waals surface area contributed by atoms with Gasteiger partial charge in [0.15, 0.2) is 0 Å². The van der Waals surface area contributed by atoms with Crippen LogP contribution in [0.3, 0.4) is 0 Å². The number of benzene rings is 1. The normalized spacial score (nSPS) is 12.9. The largest absolute Gasteiger partial charge is 0.522 e. The molecule has 0 spiro atoms. The van der Waals surface area contributed by atoms with E-state index in [1.165, 1.54) is 0 Å². The number of hydrogen-bond acceptors (Lipinski definition) is 1. The summed E-state index contributed by atoms with van der Waals surface area (Å²) in [7, 11) is 0. The van der Waals surface area contributed by atoms with E-state index in [1.54, 1.807) is 12.1 Å². The molecule has 0 bridgehead atoms. The third-order valence-corrected chi connectivity index (χ3v) is 2.22. The van der Waals surface area contributed by atoms with Crippen LogP contribution in [0.4, 0.5) is 13.2 Å². The molecule has 0 heterocycles. The summed E-state index contributed by atoms with van der Waals surface area (Å²) < 4.78 is 39.1. The molecule has 0 atom stereocenters. The molecule has 1 aromatic carbocycles. The van der Waals surface area contributed by atoms with Crippen molar-refractivity contribution in [2.24, 2.45) is 0 Å². The van der Waals surface area contributed by atoms with Gasteiger partial charge < -0.3 is 0 Å². The summed E-state index contributed by atoms with van der Waals surface area (Å²) in [4.78, 5) is 0. The van der Waals surface area contributed by atoms with E-state index in [9.17, 15) is 13.2 Å². The van der Waals surface area contributed by atoms with Gasteiger partial charge in [0.05, 0.1) is 6.61 Å². The number of alkyl halides is 3. The third kappa shape index (κ3) is 4.23. The van der Waals surface area contributed by atoms with Crippen LogP contribution in [0.1, 0.15) is 31.9 Å². The molecule has 1 nitrogen and oxygen atoms in total. The molecule has 0 fully saturated rings. The van der Waals surface area contributed by atoms with Crippen molar-refractivity contribution < 1.29 is 17.9 Å². The molecule has 0 aromatic heterocycles. The van der Waals surface area contributed by atoms with Gasteiger partial charge in [-0.25, -0.2) is 0 Å². The Morgan fingerprint density at radius 3 is 1.88 bits per heavy atom. The lowest BCUT2D eigenvalue weighted by Gasteiger charge is -2.19. The monoisotopic (exact) mass is 232 g/mol. The lowest BCUT2D eigenvalue weighted by atomic mass is 9.87. The summed E-state index contributed by atoms with van der Waals surface area (Å²) in [5, 5.41) is 0. The standard InChI is InChI=1S/C12H15F3O/c1-11(2,3)10-6-4-9(5-7-10)8-16-12(13,14)15/h4-7H,8H2,1-3H3. The zero-order valence-corrected chi connectivity index (χ0v) is 9.56. The molecule has 0 saturated heterocycles. The molecule has 1 rings (SSSR count). The van der Waals surface area contributed by atoms with Crippen molar-refractivity contribution >= 4 is 0 Å². The second kappa shape index (κ2) is 4.45. The van der Waals surface area contributed by atoms with E-state index in [1.807, 2.05) is 32.9 Å². The highest BCUT2D eigenvalue weighted by Crippen LogP contribution is 2.23. The molecule has 0 aliphatic rings. The Labute approximate surface area is 93.2 Å². The van der Waals surface area contributed by atoms with Gasteiger partial charge in [-0.3, -0.25) is 4.74 Å². The smallest absolute Gasteiger partial charge is 0.287 e. The van der Waals surface area contributed by atoms with Crippen LogP contribution in [-0.2, 0) is 16.8 Å². The van der Waals surface area contributed by atoms with Gasteiger partial charge in [-0.05, 0) is 16.5 Å². The Bertz CT molecular complexity index is 333. The topological polar surface area (TPSA) is 9.23 Å². The fourth-order valence-corrected chi connectivity index (χ4v) is 1.27. The Balaban J connectivity index is 2.66. The number of rotatable bonds is 2. The maximum Gasteiger partial charge on any atom is 0.522 e. The summed E-state index contributed by atoms with van der Waals surface area (Å²) in [5.41, 5.74) is 1.61. The van der Waals surface area contributed by atoms with E-state index in [0.717, 1.165) is 5.56 Å². The van der Waals surface area contributed by atoms with Crippen LogP contribution in [0.15, 0.2) is 24.3 Å². The summed E-state index contributed by atoms with van der Waals surface area (Å²) in [6.07, 6.45) is -4.57. The van der Waals surface area contributed by atoms with Crippen molar-refractivity contribution in [1.29, 1.82) is 0 Å². The van der Waals surface area contributed by atoms with Crippen LogP contribution < -0.4 is 0 Å². The minimum absolute atomic E-state index is 0.00339. The number of halogens is 3. The van der Waals surface area contributed by atoms with E-state index in [0.29, 0.717) is 5.56 Å². The fraction of sp³-hybridized carbons (Fsp3) is 0.500. The van der Waals surface area contributed by atoms with Crippen molar-refractivity contribution in [1.82, 2.24) is 0 Å². The van der Waals surface area contributed by atoms with Gasteiger partial charge in [0.2, 0.25) is 0 Å². The summed E-state index contributed by atoms with van der Waals surface area (Å²) in [6.45, 7) is 5.71. The molecular formula is C12H15F3O. The molecule has 0 radical (unpaired) electrons.